The van der Waals surface area contributed by atoms with Crippen LogP contribution in [-0.4, -0.2) is 63.1 Å². The van der Waals surface area contributed by atoms with Crippen molar-refractivity contribution in [1.82, 2.24) is 30.2 Å². The minimum Gasteiger partial charge on any atom is -0.477 e. The number of aromatic nitrogens is 4. The minimum atomic E-state index is 0. The maximum Gasteiger partial charge on any atom is 0.257 e. The second-order valence-electron chi connectivity index (χ2n) is 5.77. The highest BCUT2D eigenvalue weighted by atomic mass is 35.5. The summed E-state index contributed by atoms with van der Waals surface area (Å²) in [6.45, 7) is 8.66. The Balaban J connectivity index is 0.00000225. The number of piperazine rings is 1. The number of carbonyl (C=O) groups excluding carboxylic acids is 1. The molecule has 136 valence electrons. The van der Waals surface area contributed by atoms with Crippen LogP contribution in [0.4, 0.5) is 0 Å². The van der Waals surface area contributed by atoms with E-state index in [1.54, 1.807) is 23.0 Å². The van der Waals surface area contributed by atoms with E-state index >= 15 is 0 Å². The van der Waals surface area contributed by atoms with Gasteiger partial charge in [0.25, 0.3) is 5.91 Å². The third-order valence-corrected chi connectivity index (χ3v) is 4.14. The molecule has 0 unspecified atom stereocenters. The van der Waals surface area contributed by atoms with Crippen LogP contribution in [-0.2, 0) is 0 Å². The van der Waals surface area contributed by atoms with Gasteiger partial charge in [-0.25, -0.2) is 4.68 Å². The van der Waals surface area contributed by atoms with Crippen LogP contribution in [0.3, 0.4) is 0 Å². The number of nitrogens with zero attached hydrogens (tertiary/aromatic N) is 5. The Morgan fingerprint density at radius 1 is 1.40 bits per heavy atom. The smallest absolute Gasteiger partial charge is 0.257 e. The van der Waals surface area contributed by atoms with Crippen molar-refractivity contribution in [1.29, 1.82) is 0 Å². The van der Waals surface area contributed by atoms with Gasteiger partial charge in [0.05, 0.1) is 24.1 Å². The van der Waals surface area contributed by atoms with Crippen LogP contribution in [0.5, 0.6) is 5.88 Å². The molecule has 9 heteroatoms. The highest BCUT2D eigenvalue weighted by molar-refractivity contribution is 5.95. The van der Waals surface area contributed by atoms with Crippen LogP contribution in [0.2, 0.25) is 0 Å². The molecule has 1 aliphatic heterocycles. The van der Waals surface area contributed by atoms with Gasteiger partial charge in [0.15, 0.2) is 5.82 Å². The molecule has 0 bridgehead atoms. The number of halogens is 1. The summed E-state index contributed by atoms with van der Waals surface area (Å²) in [5, 5.41) is 15.7. The van der Waals surface area contributed by atoms with Crippen molar-refractivity contribution in [3.05, 3.63) is 29.6 Å². The summed E-state index contributed by atoms with van der Waals surface area (Å²) in [5.41, 5.74) is 1.35. The first-order valence-corrected chi connectivity index (χ1v) is 8.15. The third-order valence-electron chi connectivity index (χ3n) is 4.14. The number of carbonyl (C=O) groups is 1. The molecular formula is C16H23ClN6O2. The molecule has 1 atom stereocenters. The van der Waals surface area contributed by atoms with E-state index in [-0.39, 0.29) is 24.4 Å². The predicted octanol–water partition coefficient (Wildman–Crippen LogP) is 1.23. The number of ether oxygens (including phenoxy) is 1. The molecule has 0 aliphatic carbocycles. The van der Waals surface area contributed by atoms with E-state index in [4.69, 9.17) is 4.74 Å². The molecule has 8 nitrogen and oxygen atoms in total. The SMILES string of the molecule is CCOc1ccc(-n2ncc(C(=O)N3CCNC[C@H]3C)c2C)nn1.Cl. The maximum absolute atomic E-state index is 12.8. The largest absolute Gasteiger partial charge is 0.477 e. The van der Waals surface area contributed by atoms with Gasteiger partial charge in [0.2, 0.25) is 5.88 Å². The molecule has 1 N–H and O–H groups in total. The molecule has 25 heavy (non-hydrogen) atoms. The molecule has 0 spiro atoms. The van der Waals surface area contributed by atoms with Crippen molar-refractivity contribution < 1.29 is 9.53 Å². The lowest BCUT2D eigenvalue weighted by molar-refractivity contribution is 0.0655. The van der Waals surface area contributed by atoms with Gasteiger partial charge in [-0.15, -0.1) is 22.6 Å². The topological polar surface area (TPSA) is 85.2 Å². The average molecular weight is 367 g/mol. The Labute approximate surface area is 153 Å². The van der Waals surface area contributed by atoms with Crippen molar-refractivity contribution in [2.24, 2.45) is 0 Å². The Bertz CT molecular complexity index is 718. The lowest BCUT2D eigenvalue weighted by Crippen LogP contribution is -2.52. The quantitative estimate of drug-likeness (QED) is 0.875. The minimum absolute atomic E-state index is 0. The van der Waals surface area contributed by atoms with E-state index in [1.807, 2.05) is 25.7 Å². The van der Waals surface area contributed by atoms with Crippen LogP contribution in [0.25, 0.3) is 5.82 Å². The number of hydrogen-bond acceptors (Lipinski definition) is 6. The summed E-state index contributed by atoms with van der Waals surface area (Å²) in [7, 11) is 0. The maximum atomic E-state index is 12.8. The van der Waals surface area contributed by atoms with Gasteiger partial charge < -0.3 is 15.0 Å². The van der Waals surface area contributed by atoms with Crippen LogP contribution >= 0.6 is 12.4 Å². The molecule has 3 heterocycles. The van der Waals surface area contributed by atoms with Gasteiger partial charge in [-0.3, -0.25) is 4.79 Å². The Morgan fingerprint density at radius 3 is 2.84 bits per heavy atom. The molecule has 3 rings (SSSR count). The fourth-order valence-electron chi connectivity index (χ4n) is 2.80. The number of hydrogen-bond donors (Lipinski definition) is 1. The van der Waals surface area contributed by atoms with Crippen LogP contribution in [0.1, 0.15) is 29.9 Å². The van der Waals surface area contributed by atoms with E-state index in [0.29, 0.717) is 30.4 Å². The van der Waals surface area contributed by atoms with E-state index in [9.17, 15) is 4.79 Å². The number of rotatable bonds is 4. The lowest BCUT2D eigenvalue weighted by Gasteiger charge is -2.33. The summed E-state index contributed by atoms with van der Waals surface area (Å²) >= 11 is 0. The normalized spacial score (nSPS) is 17.1. The van der Waals surface area contributed by atoms with Gasteiger partial charge in [-0.1, -0.05) is 0 Å². The van der Waals surface area contributed by atoms with Gasteiger partial charge in [0.1, 0.15) is 0 Å². The van der Waals surface area contributed by atoms with Gasteiger partial charge in [0, 0.05) is 31.7 Å². The van der Waals surface area contributed by atoms with Crippen LogP contribution < -0.4 is 10.1 Å². The van der Waals surface area contributed by atoms with Gasteiger partial charge in [-0.2, -0.15) is 5.10 Å². The molecule has 2 aromatic rings. The average Bonchev–Trinajstić information content (AvgIpc) is 2.97. The molecule has 0 aromatic carbocycles. The first kappa shape index (κ1) is 19.1. The molecule has 0 radical (unpaired) electrons. The molecule has 2 aromatic heterocycles. The van der Waals surface area contributed by atoms with Crippen molar-refractivity contribution in [2.45, 2.75) is 26.8 Å². The van der Waals surface area contributed by atoms with E-state index in [1.165, 1.54) is 0 Å². The summed E-state index contributed by atoms with van der Waals surface area (Å²) in [5.74, 6) is 1.03. The highest BCUT2D eigenvalue weighted by Gasteiger charge is 2.27. The standard InChI is InChI=1S/C16H22N6O2.ClH/c1-4-24-15-6-5-14(19-20-15)22-12(3)13(10-18-22)16(23)21-8-7-17-9-11(21)2;/h5-6,10-11,17H,4,7-9H2,1-3H3;1H/t11-;/m1./s1. The van der Waals surface area contributed by atoms with Crippen molar-refractivity contribution in [3.63, 3.8) is 0 Å². The summed E-state index contributed by atoms with van der Waals surface area (Å²) in [6.07, 6.45) is 1.60. The van der Waals surface area contributed by atoms with Crippen molar-refractivity contribution >= 4 is 18.3 Å². The van der Waals surface area contributed by atoms with Crippen molar-refractivity contribution in [2.75, 3.05) is 26.2 Å². The first-order valence-electron chi connectivity index (χ1n) is 8.15. The first-order chi connectivity index (χ1) is 11.6. The highest BCUT2D eigenvalue weighted by Crippen LogP contribution is 2.17. The van der Waals surface area contributed by atoms with E-state index in [0.717, 1.165) is 18.8 Å². The summed E-state index contributed by atoms with van der Waals surface area (Å²) in [6, 6.07) is 3.69. The zero-order valence-corrected chi connectivity index (χ0v) is 15.4. The Hall–Kier alpha value is -2.19. The van der Waals surface area contributed by atoms with Crippen molar-refractivity contribution in [3.8, 4) is 11.7 Å². The molecule has 1 amide bonds. The third kappa shape index (κ3) is 3.91. The zero-order valence-electron chi connectivity index (χ0n) is 14.6. The van der Waals surface area contributed by atoms with Gasteiger partial charge in [-0.05, 0) is 26.8 Å². The van der Waals surface area contributed by atoms with E-state index in [2.05, 4.69) is 20.6 Å². The van der Waals surface area contributed by atoms with Crippen LogP contribution in [0.15, 0.2) is 18.3 Å². The summed E-state index contributed by atoms with van der Waals surface area (Å²) in [4.78, 5) is 14.7. The Kier molecular flexibility index (Phi) is 6.33. The zero-order chi connectivity index (χ0) is 17.1. The fraction of sp³-hybridized carbons (Fsp3) is 0.500. The second kappa shape index (κ2) is 8.26. The Morgan fingerprint density at radius 2 is 2.20 bits per heavy atom. The predicted molar refractivity (Wildman–Crippen MR) is 95.7 cm³/mol. The number of nitrogens with one attached hydrogen (secondary N) is 1. The molecular weight excluding hydrogens is 344 g/mol. The monoisotopic (exact) mass is 366 g/mol. The second-order valence-corrected chi connectivity index (χ2v) is 5.77. The summed E-state index contributed by atoms with van der Waals surface area (Å²) < 4.78 is 6.92. The lowest BCUT2D eigenvalue weighted by atomic mass is 10.1. The van der Waals surface area contributed by atoms with E-state index < -0.39 is 0 Å². The fourth-order valence-corrected chi connectivity index (χ4v) is 2.80. The molecule has 1 fully saturated rings. The molecule has 1 saturated heterocycles. The van der Waals surface area contributed by atoms with Gasteiger partial charge >= 0.3 is 0 Å². The molecule has 1 aliphatic rings. The number of amides is 1. The molecule has 0 saturated carbocycles. The van der Waals surface area contributed by atoms with Crippen LogP contribution in [0, 0.1) is 6.92 Å².